The van der Waals surface area contributed by atoms with Gasteiger partial charge < -0.3 is 21.3 Å². The van der Waals surface area contributed by atoms with Crippen molar-refractivity contribution in [3.8, 4) is 0 Å². The summed E-state index contributed by atoms with van der Waals surface area (Å²) >= 11 is 10.6. The molecule has 0 aliphatic carbocycles. The second kappa shape index (κ2) is 9.96. The van der Waals surface area contributed by atoms with Crippen molar-refractivity contribution in [1.82, 2.24) is 10.6 Å². The van der Waals surface area contributed by atoms with Crippen molar-refractivity contribution in [2.75, 3.05) is 23.7 Å². The molecule has 0 saturated heterocycles. The van der Waals surface area contributed by atoms with Gasteiger partial charge in [0.2, 0.25) is 0 Å². The second-order valence-electron chi connectivity index (χ2n) is 5.85. The lowest BCUT2D eigenvalue weighted by Crippen LogP contribution is -2.33. The lowest BCUT2D eigenvalue weighted by atomic mass is 10.2. The smallest absolute Gasteiger partial charge is 0.170 e. The lowest BCUT2D eigenvalue weighted by molar-refractivity contribution is 0.748. The molecule has 0 amide bonds. The maximum Gasteiger partial charge on any atom is 0.170 e. The first kappa shape index (κ1) is 19.1. The van der Waals surface area contributed by atoms with Crippen LogP contribution in [0.1, 0.15) is 17.5 Å². The normalized spacial score (nSPS) is 10.0. The zero-order valence-corrected chi connectivity index (χ0v) is 16.2. The highest BCUT2D eigenvalue weighted by Crippen LogP contribution is 2.09. The third-order valence-corrected chi connectivity index (χ3v) is 3.97. The van der Waals surface area contributed by atoms with Crippen LogP contribution in [0.5, 0.6) is 0 Å². The van der Waals surface area contributed by atoms with Crippen LogP contribution in [0, 0.1) is 13.8 Å². The van der Waals surface area contributed by atoms with Crippen LogP contribution in [0.25, 0.3) is 0 Å². The van der Waals surface area contributed by atoms with Crippen LogP contribution in [-0.2, 0) is 0 Å². The minimum Gasteiger partial charge on any atom is -0.362 e. The highest BCUT2D eigenvalue weighted by Gasteiger charge is 1.99. The van der Waals surface area contributed by atoms with Crippen molar-refractivity contribution in [2.24, 2.45) is 0 Å². The minimum absolute atomic E-state index is 0.631. The van der Waals surface area contributed by atoms with Gasteiger partial charge in [-0.05, 0) is 80.1 Å². The first-order valence-electron chi connectivity index (χ1n) is 8.26. The Kier molecular flexibility index (Phi) is 7.63. The molecule has 0 atom stereocenters. The Morgan fingerprint density at radius 2 is 1.20 bits per heavy atom. The summed E-state index contributed by atoms with van der Waals surface area (Å²) in [5.41, 5.74) is 4.40. The molecule has 4 nitrogen and oxygen atoms in total. The number of anilines is 2. The predicted octanol–water partition coefficient (Wildman–Crippen LogP) is 3.97. The Morgan fingerprint density at radius 1 is 0.760 bits per heavy atom. The van der Waals surface area contributed by atoms with Crippen molar-refractivity contribution < 1.29 is 0 Å². The van der Waals surface area contributed by atoms with Gasteiger partial charge in [-0.25, -0.2) is 0 Å². The van der Waals surface area contributed by atoms with Gasteiger partial charge in [-0.3, -0.25) is 0 Å². The van der Waals surface area contributed by atoms with E-state index in [0.29, 0.717) is 10.2 Å². The maximum atomic E-state index is 5.30. The van der Waals surface area contributed by atoms with Crippen molar-refractivity contribution in [2.45, 2.75) is 20.3 Å². The molecule has 6 heteroatoms. The van der Waals surface area contributed by atoms with Gasteiger partial charge in [0.25, 0.3) is 0 Å². The summed E-state index contributed by atoms with van der Waals surface area (Å²) in [6.07, 6.45) is 0.908. The summed E-state index contributed by atoms with van der Waals surface area (Å²) in [5.74, 6) is 0. The molecule has 0 saturated carbocycles. The van der Waals surface area contributed by atoms with Gasteiger partial charge >= 0.3 is 0 Å². The van der Waals surface area contributed by atoms with E-state index >= 15 is 0 Å². The Labute approximate surface area is 160 Å². The van der Waals surface area contributed by atoms with Crippen LogP contribution in [0.2, 0.25) is 0 Å². The standard InChI is InChI=1S/C19H24N4S2/c1-14-6-3-8-16(12-14)22-18(24)20-10-5-11-21-19(25)23-17-9-4-7-15(2)13-17/h3-4,6-9,12-13H,5,10-11H2,1-2H3,(H2,20,22,24)(H2,21,23,25). The fourth-order valence-electron chi connectivity index (χ4n) is 2.29. The van der Waals surface area contributed by atoms with Gasteiger partial charge in [-0.15, -0.1) is 0 Å². The molecule has 4 N–H and O–H groups in total. The van der Waals surface area contributed by atoms with Gasteiger partial charge in [0, 0.05) is 24.5 Å². The van der Waals surface area contributed by atoms with E-state index in [1.165, 1.54) is 11.1 Å². The van der Waals surface area contributed by atoms with Gasteiger partial charge in [0.15, 0.2) is 10.2 Å². The molecule has 2 aromatic carbocycles. The number of hydrogen-bond acceptors (Lipinski definition) is 2. The van der Waals surface area contributed by atoms with E-state index in [1.54, 1.807) is 0 Å². The number of hydrogen-bond donors (Lipinski definition) is 4. The number of thiocarbonyl (C=S) groups is 2. The number of aryl methyl sites for hydroxylation is 2. The first-order chi connectivity index (χ1) is 12.0. The van der Waals surface area contributed by atoms with Gasteiger partial charge in [-0.2, -0.15) is 0 Å². The molecule has 0 heterocycles. The third-order valence-electron chi connectivity index (χ3n) is 3.48. The van der Waals surface area contributed by atoms with Crippen LogP contribution in [0.15, 0.2) is 48.5 Å². The molecule has 0 aliphatic heterocycles. The summed E-state index contributed by atoms with van der Waals surface area (Å²) in [7, 11) is 0. The predicted molar refractivity (Wildman–Crippen MR) is 115 cm³/mol. The van der Waals surface area contributed by atoms with Crippen molar-refractivity contribution in [3.05, 3.63) is 59.7 Å². The summed E-state index contributed by atoms with van der Waals surface area (Å²) < 4.78 is 0. The van der Waals surface area contributed by atoms with E-state index in [0.717, 1.165) is 30.9 Å². The zero-order valence-electron chi connectivity index (χ0n) is 14.6. The average Bonchev–Trinajstić information content (AvgIpc) is 2.54. The van der Waals surface area contributed by atoms with Crippen LogP contribution in [-0.4, -0.2) is 23.3 Å². The molecule has 0 spiro atoms. The molecule has 2 aromatic rings. The largest absolute Gasteiger partial charge is 0.362 e. The van der Waals surface area contributed by atoms with Crippen LogP contribution >= 0.6 is 24.4 Å². The molecule has 0 unspecified atom stereocenters. The Morgan fingerprint density at radius 3 is 1.60 bits per heavy atom. The van der Waals surface area contributed by atoms with Gasteiger partial charge in [0.05, 0.1) is 0 Å². The number of nitrogens with one attached hydrogen (secondary N) is 4. The van der Waals surface area contributed by atoms with Gasteiger partial charge in [0.1, 0.15) is 0 Å². The van der Waals surface area contributed by atoms with E-state index in [-0.39, 0.29) is 0 Å². The van der Waals surface area contributed by atoms with E-state index in [1.807, 2.05) is 24.3 Å². The minimum atomic E-state index is 0.631. The SMILES string of the molecule is Cc1cccc(NC(=S)NCCCNC(=S)Nc2cccc(C)c2)c1. The summed E-state index contributed by atoms with van der Waals surface area (Å²) in [6, 6.07) is 16.2. The summed E-state index contributed by atoms with van der Waals surface area (Å²) in [5, 5.41) is 14.0. The van der Waals surface area contributed by atoms with Crippen molar-refractivity contribution in [3.63, 3.8) is 0 Å². The molecule has 0 bridgehead atoms. The van der Waals surface area contributed by atoms with Crippen LogP contribution < -0.4 is 21.3 Å². The highest BCUT2D eigenvalue weighted by atomic mass is 32.1. The Hall–Kier alpha value is -2.18. The molecule has 0 aromatic heterocycles. The molecular formula is C19H24N4S2. The van der Waals surface area contributed by atoms with Gasteiger partial charge in [-0.1, -0.05) is 24.3 Å². The van der Waals surface area contributed by atoms with E-state index in [9.17, 15) is 0 Å². The highest BCUT2D eigenvalue weighted by molar-refractivity contribution is 7.80. The number of rotatable bonds is 6. The maximum absolute atomic E-state index is 5.30. The third kappa shape index (κ3) is 7.49. The molecule has 132 valence electrons. The fourth-order valence-corrected chi connectivity index (χ4v) is 2.73. The van der Waals surface area contributed by atoms with Crippen LogP contribution in [0.3, 0.4) is 0 Å². The summed E-state index contributed by atoms with van der Waals surface area (Å²) in [4.78, 5) is 0. The monoisotopic (exact) mass is 372 g/mol. The lowest BCUT2D eigenvalue weighted by Gasteiger charge is -2.13. The van der Waals surface area contributed by atoms with E-state index in [4.69, 9.17) is 24.4 Å². The molecular weight excluding hydrogens is 348 g/mol. The van der Waals surface area contributed by atoms with Crippen LogP contribution in [0.4, 0.5) is 11.4 Å². The molecule has 0 radical (unpaired) electrons. The molecule has 0 aliphatic rings. The second-order valence-corrected chi connectivity index (χ2v) is 6.67. The Bertz CT molecular complexity index is 669. The van der Waals surface area contributed by atoms with Crippen molar-refractivity contribution >= 4 is 46.0 Å². The molecule has 25 heavy (non-hydrogen) atoms. The quantitative estimate of drug-likeness (QED) is 0.455. The molecule has 0 fully saturated rings. The first-order valence-corrected chi connectivity index (χ1v) is 9.07. The molecule has 2 rings (SSSR count). The fraction of sp³-hybridized carbons (Fsp3) is 0.263. The topological polar surface area (TPSA) is 48.1 Å². The Balaban J connectivity index is 1.59. The number of benzene rings is 2. The zero-order chi connectivity index (χ0) is 18.1. The van der Waals surface area contributed by atoms with E-state index in [2.05, 4.69) is 59.4 Å². The van der Waals surface area contributed by atoms with E-state index < -0.39 is 0 Å². The average molecular weight is 373 g/mol. The van der Waals surface area contributed by atoms with Crippen molar-refractivity contribution in [1.29, 1.82) is 0 Å². The summed E-state index contributed by atoms with van der Waals surface area (Å²) in [6.45, 7) is 5.66.